The average molecular weight is 248 g/mol. The zero-order chi connectivity index (χ0) is 12.5. The van der Waals surface area contributed by atoms with Crippen LogP contribution >= 0.6 is 11.3 Å². The van der Waals surface area contributed by atoms with E-state index in [2.05, 4.69) is 31.0 Å². The van der Waals surface area contributed by atoms with Gasteiger partial charge in [-0.1, -0.05) is 49.2 Å². The number of aromatic nitrogens is 1. The van der Waals surface area contributed by atoms with Gasteiger partial charge in [0.05, 0.1) is 5.69 Å². The molecule has 2 aromatic rings. The first-order valence-electron chi connectivity index (χ1n) is 5.94. The Hall–Kier alpha value is -1.35. The number of nitrogen functional groups attached to an aromatic ring is 1. The van der Waals surface area contributed by atoms with Crippen LogP contribution in [0.15, 0.2) is 35.7 Å². The van der Waals surface area contributed by atoms with Gasteiger partial charge in [0.1, 0.15) is 0 Å². The van der Waals surface area contributed by atoms with Gasteiger partial charge in [0.2, 0.25) is 0 Å². The second kappa shape index (κ2) is 7.85. The molecular formula is C14H20N2S. The molecule has 0 spiro atoms. The topological polar surface area (TPSA) is 38.9 Å². The minimum Gasteiger partial charge on any atom is -0.375 e. The van der Waals surface area contributed by atoms with Crippen molar-refractivity contribution >= 4 is 16.5 Å². The Bertz CT molecular complexity index is 409. The molecule has 1 heterocycles. The highest BCUT2D eigenvalue weighted by molar-refractivity contribution is 7.13. The number of benzene rings is 1. The summed E-state index contributed by atoms with van der Waals surface area (Å²) in [6.07, 6.45) is 3.50. The van der Waals surface area contributed by atoms with Crippen molar-refractivity contribution in [3.63, 3.8) is 0 Å². The molecule has 0 aliphatic carbocycles. The number of unbranched alkanes of at least 4 members (excludes halogenated alkanes) is 1. The van der Waals surface area contributed by atoms with Crippen molar-refractivity contribution in [2.24, 2.45) is 0 Å². The summed E-state index contributed by atoms with van der Waals surface area (Å²) in [5.41, 5.74) is 7.92. The largest absolute Gasteiger partial charge is 0.375 e. The molecule has 2 nitrogen and oxygen atoms in total. The van der Waals surface area contributed by atoms with Crippen molar-refractivity contribution in [3.8, 4) is 0 Å². The molecule has 0 unspecified atom stereocenters. The van der Waals surface area contributed by atoms with Gasteiger partial charge in [-0.25, -0.2) is 4.98 Å². The fourth-order valence-electron chi connectivity index (χ4n) is 1.33. The third-order valence-corrected chi connectivity index (χ3v) is 3.02. The van der Waals surface area contributed by atoms with E-state index in [0.717, 1.165) is 12.1 Å². The molecule has 3 heteroatoms. The van der Waals surface area contributed by atoms with E-state index >= 15 is 0 Å². The second-order valence-corrected chi connectivity index (χ2v) is 4.83. The van der Waals surface area contributed by atoms with Crippen molar-refractivity contribution in [2.75, 3.05) is 5.73 Å². The van der Waals surface area contributed by atoms with E-state index in [1.807, 2.05) is 23.6 Å². The number of hydrogen-bond donors (Lipinski definition) is 1. The van der Waals surface area contributed by atoms with Gasteiger partial charge in [0, 0.05) is 5.38 Å². The highest BCUT2D eigenvalue weighted by Crippen LogP contribution is 2.12. The summed E-state index contributed by atoms with van der Waals surface area (Å²) in [4.78, 5) is 4.14. The predicted octanol–water partition coefficient (Wildman–Crippen LogP) is 4.06. The zero-order valence-corrected chi connectivity index (χ0v) is 11.3. The molecule has 0 fully saturated rings. The molecule has 0 saturated carbocycles. The lowest BCUT2D eigenvalue weighted by molar-refractivity contribution is 0.782. The van der Waals surface area contributed by atoms with Gasteiger partial charge in [-0.05, 0) is 19.8 Å². The average Bonchev–Trinajstić information content (AvgIpc) is 2.74. The molecule has 0 aliphatic rings. The Morgan fingerprint density at radius 2 is 1.94 bits per heavy atom. The number of anilines is 1. The molecule has 1 aromatic heterocycles. The molecule has 92 valence electrons. The maximum atomic E-state index is 5.46. The number of nitrogens with two attached hydrogens (primary N) is 1. The fraction of sp³-hybridized carbons (Fsp3) is 0.357. The first-order valence-corrected chi connectivity index (χ1v) is 6.82. The molecule has 0 bridgehead atoms. The van der Waals surface area contributed by atoms with E-state index in [-0.39, 0.29) is 0 Å². The fourth-order valence-corrected chi connectivity index (χ4v) is 1.93. The third kappa shape index (κ3) is 6.07. The lowest BCUT2D eigenvalue weighted by Crippen LogP contribution is -1.86. The quantitative estimate of drug-likeness (QED) is 0.889. The molecule has 2 rings (SSSR count). The highest BCUT2D eigenvalue weighted by atomic mass is 32.1. The standard InChI is InChI=1S/C7H12N2S.C7H8/c1-2-3-4-6-5-10-7(8)9-6;1-7-5-3-2-4-6-7/h5H,2-4H2,1H3,(H2,8,9);2-6H,1H3. The number of aryl methyl sites for hydroxylation is 2. The molecule has 2 N–H and O–H groups in total. The summed E-state index contributed by atoms with van der Waals surface area (Å²) in [7, 11) is 0. The van der Waals surface area contributed by atoms with Gasteiger partial charge in [0.15, 0.2) is 5.13 Å². The van der Waals surface area contributed by atoms with Crippen LogP contribution in [-0.2, 0) is 6.42 Å². The molecule has 0 atom stereocenters. The van der Waals surface area contributed by atoms with E-state index in [9.17, 15) is 0 Å². The molecule has 17 heavy (non-hydrogen) atoms. The van der Waals surface area contributed by atoms with Crippen LogP contribution < -0.4 is 5.73 Å². The third-order valence-electron chi connectivity index (χ3n) is 2.30. The Kier molecular flexibility index (Phi) is 6.33. The Morgan fingerprint density at radius 1 is 1.24 bits per heavy atom. The molecule has 0 radical (unpaired) electrons. The summed E-state index contributed by atoms with van der Waals surface area (Å²) < 4.78 is 0. The lowest BCUT2D eigenvalue weighted by atomic mass is 10.2. The van der Waals surface area contributed by atoms with E-state index < -0.39 is 0 Å². The lowest BCUT2D eigenvalue weighted by Gasteiger charge is -1.90. The smallest absolute Gasteiger partial charge is 0.180 e. The van der Waals surface area contributed by atoms with Gasteiger partial charge < -0.3 is 5.73 Å². The molecule has 0 aliphatic heterocycles. The van der Waals surface area contributed by atoms with Gasteiger partial charge in [-0.3, -0.25) is 0 Å². The minimum atomic E-state index is 0.686. The van der Waals surface area contributed by atoms with Crippen molar-refractivity contribution in [2.45, 2.75) is 33.1 Å². The maximum absolute atomic E-state index is 5.46. The summed E-state index contributed by atoms with van der Waals surface area (Å²) in [6.45, 7) is 4.26. The van der Waals surface area contributed by atoms with Gasteiger partial charge in [-0.2, -0.15) is 0 Å². The normalized spacial score (nSPS) is 9.53. The van der Waals surface area contributed by atoms with Crippen LogP contribution in [0.25, 0.3) is 0 Å². The van der Waals surface area contributed by atoms with Crippen LogP contribution in [0.2, 0.25) is 0 Å². The molecule has 0 amide bonds. The predicted molar refractivity (Wildman–Crippen MR) is 76.3 cm³/mol. The highest BCUT2D eigenvalue weighted by Gasteiger charge is 1.95. The minimum absolute atomic E-state index is 0.686. The number of hydrogen-bond acceptors (Lipinski definition) is 3. The monoisotopic (exact) mass is 248 g/mol. The molecule has 1 aromatic carbocycles. The summed E-state index contributed by atoms with van der Waals surface area (Å²) >= 11 is 1.52. The van der Waals surface area contributed by atoms with E-state index in [0.29, 0.717) is 5.13 Å². The van der Waals surface area contributed by atoms with Crippen molar-refractivity contribution < 1.29 is 0 Å². The van der Waals surface area contributed by atoms with Crippen molar-refractivity contribution in [3.05, 3.63) is 47.0 Å². The summed E-state index contributed by atoms with van der Waals surface area (Å²) in [5.74, 6) is 0. The van der Waals surface area contributed by atoms with Crippen LogP contribution in [0.3, 0.4) is 0 Å². The molecular weight excluding hydrogens is 228 g/mol. The van der Waals surface area contributed by atoms with E-state index in [1.165, 1.54) is 29.7 Å². The number of thiazole rings is 1. The van der Waals surface area contributed by atoms with Gasteiger partial charge in [0.25, 0.3) is 0 Å². The van der Waals surface area contributed by atoms with Gasteiger partial charge >= 0.3 is 0 Å². The summed E-state index contributed by atoms with van der Waals surface area (Å²) in [5, 5.41) is 2.72. The van der Waals surface area contributed by atoms with Crippen LogP contribution in [0.1, 0.15) is 31.0 Å². The Labute approximate surface area is 108 Å². The van der Waals surface area contributed by atoms with Crippen LogP contribution in [-0.4, -0.2) is 4.98 Å². The van der Waals surface area contributed by atoms with Crippen LogP contribution in [0.4, 0.5) is 5.13 Å². The number of rotatable bonds is 3. The van der Waals surface area contributed by atoms with E-state index in [1.54, 1.807) is 0 Å². The Balaban J connectivity index is 0.000000181. The van der Waals surface area contributed by atoms with Crippen molar-refractivity contribution in [1.82, 2.24) is 4.98 Å². The first kappa shape index (κ1) is 13.7. The van der Waals surface area contributed by atoms with Crippen LogP contribution in [0.5, 0.6) is 0 Å². The van der Waals surface area contributed by atoms with Gasteiger partial charge in [-0.15, -0.1) is 11.3 Å². The zero-order valence-electron chi connectivity index (χ0n) is 10.5. The Morgan fingerprint density at radius 3 is 2.35 bits per heavy atom. The summed E-state index contributed by atoms with van der Waals surface area (Å²) in [6, 6.07) is 10.3. The second-order valence-electron chi connectivity index (χ2n) is 3.94. The van der Waals surface area contributed by atoms with Crippen molar-refractivity contribution in [1.29, 1.82) is 0 Å². The maximum Gasteiger partial charge on any atom is 0.180 e. The number of nitrogens with zero attached hydrogens (tertiary/aromatic N) is 1. The first-order chi connectivity index (χ1) is 8.22. The van der Waals surface area contributed by atoms with Crippen LogP contribution in [0, 0.1) is 6.92 Å². The SMILES string of the molecule is CCCCc1csc(N)n1.Cc1ccccc1. The molecule has 0 saturated heterocycles. The van der Waals surface area contributed by atoms with E-state index in [4.69, 9.17) is 5.73 Å².